The lowest BCUT2D eigenvalue weighted by molar-refractivity contribution is -0.122. The van der Waals surface area contributed by atoms with Gasteiger partial charge in [-0.3, -0.25) is 4.79 Å². The molecule has 1 aromatic carbocycles. The van der Waals surface area contributed by atoms with Gasteiger partial charge >= 0.3 is 0 Å². The second-order valence-corrected chi connectivity index (χ2v) is 5.30. The number of nitrogens with one attached hydrogen (secondary N) is 1. The van der Waals surface area contributed by atoms with E-state index in [2.05, 4.69) is 5.32 Å². The van der Waals surface area contributed by atoms with E-state index in [1.54, 1.807) is 24.3 Å². The molecule has 0 fully saturated rings. The molecule has 2 N–H and O–H groups in total. The minimum atomic E-state index is -0.423. The van der Waals surface area contributed by atoms with Gasteiger partial charge in [-0.15, -0.1) is 0 Å². The third kappa shape index (κ3) is 4.62. The Morgan fingerprint density at radius 3 is 2.57 bits per heavy atom. The Labute approximate surface area is 128 Å². The van der Waals surface area contributed by atoms with Gasteiger partial charge in [0.25, 0.3) is 0 Å². The molecular formula is C16H18ClNO3. The predicted molar refractivity (Wildman–Crippen MR) is 81.2 cm³/mol. The number of rotatable bonds is 6. The molecule has 2 aromatic rings. The first-order valence-electron chi connectivity index (χ1n) is 6.79. The maximum absolute atomic E-state index is 11.9. The highest BCUT2D eigenvalue weighted by atomic mass is 35.5. The highest BCUT2D eigenvalue weighted by molar-refractivity contribution is 6.30. The lowest BCUT2D eigenvalue weighted by Crippen LogP contribution is -2.30. The molecule has 4 nitrogen and oxygen atoms in total. The molecule has 1 aromatic heterocycles. The van der Waals surface area contributed by atoms with Crippen LogP contribution in [0.2, 0.25) is 5.02 Å². The van der Waals surface area contributed by atoms with Crippen LogP contribution in [0.1, 0.15) is 29.5 Å². The maximum Gasteiger partial charge on any atom is 0.221 e. The highest BCUT2D eigenvalue weighted by Gasteiger charge is 2.14. The minimum absolute atomic E-state index is 0.127. The summed E-state index contributed by atoms with van der Waals surface area (Å²) in [6.45, 7) is 1.71. The highest BCUT2D eigenvalue weighted by Crippen LogP contribution is 2.16. The molecule has 0 saturated heterocycles. The summed E-state index contributed by atoms with van der Waals surface area (Å²) in [4.78, 5) is 11.9. The molecule has 1 heterocycles. The van der Waals surface area contributed by atoms with E-state index in [9.17, 15) is 9.90 Å². The number of hydrogen-bond acceptors (Lipinski definition) is 3. The van der Waals surface area contributed by atoms with Crippen LogP contribution in [-0.4, -0.2) is 17.6 Å². The first-order valence-corrected chi connectivity index (χ1v) is 7.17. The van der Waals surface area contributed by atoms with Crippen molar-refractivity contribution in [1.29, 1.82) is 0 Å². The van der Waals surface area contributed by atoms with Crippen LogP contribution in [0, 0.1) is 6.92 Å². The van der Waals surface area contributed by atoms with Crippen LogP contribution in [0.15, 0.2) is 40.8 Å². The van der Waals surface area contributed by atoms with Gasteiger partial charge in [-0.1, -0.05) is 23.7 Å². The zero-order chi connectivity index (χ0) is 15.2. The molecule has 0 spiro atoms. The molecule has 1 atom stereocenters. The van der Waals surface area contributed by atoms with Crippen molar-refractivity contribution in [2.24, 2.45) is 0 Å². The molecule has 1 unspecified atom stereocenters. The third-order valence-electron chi connectivity index (χ3n) is 3.18. The standard InChI is InChI=1S/C16H18ClNO3/c1-11-2-7-14(21-11)8-9-16(20)18-15(10-19)12-3-5-13(17)6-4-12/h2-7,15,19H,8-10H2,1H3,(H,18,20). The van der Waals surface area contributed by atoms with E-state index < -0.39 is 6.04 Å². The quantitative estimate of drug-likeness (QED) is 0.862. The summed E-state index contributed by atoms with van der Waals surface area (Å²) in [6.07, 6.45) is 0.857. The summed E-state index contributed by atoms with van der Waals surface area (Å²) in [5.41, 5.74) is 0.823. The summed E-state index contributed by atoms with van der Waals surface area (Å²) in [6, 6.07) is 10.4. The zero-order valence-corrected chi connectivity index (χ0v) is 12.6. The molecule has 0 radical (unpaired) electrons. The fourth-order valence-electron chi connectivity index (χ4n) is 2.05. The van der Waals surface area contributed by atoms with Crippen molar-refractivity contribution in [1.82, 2.24) is 5.32 Å². The monoisotopic (exact) mass is 307 g/mol. The lowest BCUT2D eigenvalue weighted by Gasteiger charge is -2.16. The maximum atomic E-state index is 11.9. The number of amides is 1. The Balaban J connectivity index is 1.89. The van der Waals surface area contributed by atoms with Crippen molar-refractivity contribution >= 4 is 17.5 Å². The van der Waals surface area contributed by atoms with E-state index in [0.29, 0.717) is 17.9 Å². The summed E-state index contributed by atoms with van der Waals surface area (Å²) in [5.74, 6) is 1.49. The minimum Gasteiger partial charge on any atom is -0.466 e. The number of halogens is 1. The van der Waals surface area contributed by atoms with Gasteiger partial charge in [-0.25, -0.2) is 0 Å². The number of aryl methyl sites for hydroxylation is 2. The molecule has 0 saturated carbocycles. The van der Waals surface area contributed by atoms with Gasteiger partial charge in [-0.05, 0) is 36.8 Å². The van der Waals surface area contributed by atoms with Gasteiger partial charge in [0.05, 0.1) is 12.6 Å². The van der Waals surface area contributed by atoms with Crippen LogP contribution in [0.3, 0.4) is 0 Å². The zero-order valence-electron chi connectivity index (χ0n) is 11.8. The van der Waals surface area contributed by atoms with Crippen LogP contribution in [0.25, 0.3) is 0 Å². The van der Waals surface area contributed by atoms with Crippen LogP contribution >= 0.6 is 11.6 Å². The van der Waals surface area contributed by atoms with Crippen molar-refractivity contribution in [3.05, 3.63) is 58.5 Å². The first kappa shape index (κ1) is 15.6. The number of furan rings is 1. The fraction of sp³-hybridized carbons (Fsp3) is 0.312. The van der Waals surface area contributed by atoms with Crippen molar-refractivity contribution in [2.45, 2.75) is 25.8 Å². The third-order valence-corrected chi connectivity index (χ3v) is 3.44. The average Bonchev–Trinajstić information content (AvgIpc) is 2.89. The smallest absolute Gasteiger partial charge is 0.221 e. The van der Waals surface area contributed by atoms with Gasteiger partial charge in [-0.2, -0.15) is 0 Å². The molecular weight excluding hydrogens is 290 g/mol. The number of aliphatic hydroxyl groups is 1. The molecule has 5 heteroatoms. The Morgan fingerprint density at radius 2 is 2.00 bits per heavy atom. The van der Waals surface area contributed by atoms with Crippen molar-refractivity contribution in [2.75, 3.05) is 6.61 Å². The van der Waals surface area contributed by atoms with Gasteiger partial charge in [0.2, 0.25) is 5.91 Å². The van der Waals surface area contributed by atoms with E-state index in [1.165, 1.54) is 0 Å². The van der Waals surface area contributed by atoms with Gasteiger partial charge in [0.15, 0.2) is 0 Å². The van der Waals surface area contributed by atoms with E-state index >= 15 is 0 Å². The number of carbonyl (C=O) groups is 1. The van der Waals surface area contributed by atoms with Crippen molar-refractivity contribution in [3.8, 4) is 0 Å². The van der Waals surface area contributed by atoms with Crippen LogP contribution in [-0.2, 0) is 11.2 Å². The van der Waals surface area contributed by atoms with E-state index in [4.69, 9.17) is 16.0 Å². The van der Waals surface area contributed by atoms with Crippen molar-refractivity contribution in [3.63, 3.8) is 0 Å². The van der Waals surface area contributed by atoms with Gasteiger partial charge in [0.1, 0.15) is 11.5 Å². The van der Waals surface area contributed by atoms with E-state index in [-0.39, 0.29) is 12.5 Å². The molecule has 0 bridgehead atoms. The summed E-state index contributed by atoms with van der Waals surface area (Å²) in [7, 11) is 0. The summed E-state index contributed by atoms with van der Waals surface area (Å²) < 4.78 is 5.42. The molecule has 112 valence electrons. The van der Waals surface area contributed by atoms with E-state index in [0.717, 1.165) is 17.1 Å². The summed E-state index contributed by atoms with van der Waals surface area (Å²) in [5, 5.41) is 12.8. The molecule has 0 aliphatic heterocycles. The fourth-order valence-corrected chi connectivity index (χ4v) is 2.18. The van der Waals surface area contributed by atoms with Gasteiger partial charge in [0, 0.05) is 17.9 Å². The number of carbonyl (C=O) groups excluding carboxylic acids is 1. The Hall–Kier alpha value is -1.78. The van der Waals surface area contributed by atoms with Crippen LogP contribution in [0.5, 0.6) is 0 Å². The Bertz CT molecular complexity index is 592. The van der Waals surface area contributed by atoms with Crippen molar-refractivity contribution < 1.29 is 14.3 Å². The SMILES string of the molecule is Cc1ccc(CCC(=O)NC(CO)c2ccc(Cl)cc2)o1. The molecule has 21 heavy (non-hydrogen) atoms. The first-order chi connectivity index (χ1) is 10.1. The summed E-state index contributed by atoms with van der Waals surface area (Å²) >= 11 is 5.82. The topological polar surface area (TPSA) is 62.5 Å². The molecule has 0 aliphatic rings. The Morgan fingerprint density at radius 1 is 1.29 bits per heavy atom. The van der Waals surface area contributed by atoms with Gasteiger partial charge < -0.3 is 14.8 Å². The second kappa shape index (κ2) is 7.29. The second-order valence-electron chi connectivity index (χ2n) is 4.87. The number of aliphatic hydroxyl groups excluding tert-OH is 1. The number of hydrogen-bond donors (Lipinski definition) is 2. The molecule has 1 amide bonds. The van der Waals surface area contributed by atoms with Crippen LogP contribution in [0.4, 0.5) is 0 Å². The normalized spacial score (nSPS) is 12.1. The largest absolute Gasteiger partial charge is 0.466 e. The number of benzene rings is 1. The lowest BCUT2D eigenvalue weighted by atomic mass is 10.1. The predicted octanol–water partition coefficient (Wildman–Crippen LogP) is 3.02. The average molecular weight is 308 g/mol. The van der Waals surface area contributed by atoms with E-state index in [1.807, 2.05) is 19.1 Å². The van der Waals surface area contributed by atoms with Crippen LogP contribution < -0.4 is 5.32 Å². The Kier molecular flexibility index (Phi) is 5.42. The molecule has 2 rings (SSSR count). The molecule has 0 aliphatic carbocycles.